The second kappa shape index (κ2) is 6.28. The van der Waals surface area contributed by atoms with Crippen molar-refractivity contribution in [3.8, 4) is 5.75 Å². The molecule has 0 spiro atoms. The molecule has 0 fully saturated rings. The first kappa shape index (κ1) is 15.9. The van der Waals surface area contributed by atoms with Crippen molar-refractivity contribution < 1.29 is 5.11 Å². The maximum Gasteiger partial charge on any atom is 0.118 e. The number of aromatic hydroxyl groups is 1. The Kier molecular flexibility index (Phi) is 4.17. The molecule has 0 atom stereocenters. The lowest BCUT2D eigenvalue weighted by Gasteiger charge is -2.21. The lowest BCUT2D eigenvalue weighted by atomic mass is 9.95. The van der Waals surface area contributed by atoms with Gasteiger partial charge in [0.2, 0.25) is 0 Å². The number of nitrogen functional groups attached to an aromatic ring is 1. The Morgan fingerprint density at radius 3 is 2.46 bits per heavy atom. The normalized spacial score (nSPS) is 15.7. The third kappa shape index (κ3) is 3.06. The molecule has 0 amide bonds. The molecule has 0 radical (unpaired) electrons. The first-order chi connectivity index (χ1) is 11.5. The topological polar surface area (TPSA) is 58.3 Å². The molecule has 0 aliphatic carbocycles. The Morgan fingerprint density at radius 2 is 1.79 bits per heavy atom. The molecular weight excluding hydrogens is 296 g/mol. The van der Waals surface area contributed by atoms with Crippen molar-refractivity contribution in [2.24, 2.45) is 0 Å². The summed E-state index contributed by atoms with van der Waals surface area (Å²) in [5.41, 5.74) is 14.0. The molecule has 2 aromatic carbocycles. The van der Waals surface area contributed by atoms with Crippen molar-refractivity contribution in [2.45, 2.75) is 20.8 Å². The van der Waals surface area contributed by atoms with Crippen LogP contribution in [0, 0.1) is 13.8 Å². The van der Waals surface area contributed by atoms with E-state index in [4.69, 9.17) is 5.73 Å². The number of allylic oxidation sites excluding steroid dienone is 4. The van der Waals surface area contributed by atoms with Crippen LogP contribution in [0.5, 0.6) is 5.75 Å². The van der Waals surface area contributed by atoms with Crippen LogP contribution in [0.2, 0.25) is 0 Å². The van der Waals surface area contributed by atoms with Crippen LogP contribution in [0.25, 0.3) is 11.3 Å². The summed E-state index contributed by atoms with van der Waals surface area (Å²) in [7, 11) is 0. The van der Waals surface area contributed by atoms with E-state index in [-0.39, 0.29) is 0 Å². The first-order valence-electron chi connectivity index (χ1n) is 8.01. The monoisotopic (exact) mass is 318 g/mol. The molecule has 0 saturated carbocycles. The highest BCUT2D eigenvalue weighted by atomic mass is 16.3. The van der Waals surface area contributed by atoms with Crippen LogP contribution in [-0.2, 0) is 0 Å². The zero-order chi connectivity index (χ0) is 17.3. The van der Waals surface area contributed by atoms with Crippen LogP contribution in [0.15, 0.2) is 60.3 Å². The third-order valence-electron chi connectivity index (χ3n) is 4.27. The van der Waals surface area contributed by atoms with Crippen LogP contribution >= 0.6 is 0 Å². The molecule has 2 aromatic rings. The quantitative estimate of drug-likeness (QED) is 0.713. The zero-order valence-electron chi connectivity index (χ0n) is 14.2. The van der Waals surface area contributed by atoms with Gasteiger partial charge in [-0.1, -0.05) is 18.2 Å². The Labute approximate surface area is 142 Å². The average molecular weight is 318 g/mol. The number of hydrogen-bond acceptors (Lipinski definition) is 3. The molecule has 3 heteroatoms. The highest BCUT2D eigenvalue weighted by Gasteiger charge is 2.14. The smallest absolute Gasteiger partial charge is 0.118 e. The number of rotatable bonds is 2. The van der Waals surface area contributed by atoms with Gasteiger partial charge in [-0.05, 0) is 79.5 Å². The molecule has 122 valence electrons. The molecule has 0 saturated heterocycles. The minimum atomic E-state index is 0.318. The van der Waals surface area contributed by atoms with Gasteiger partial charge in [0.1, 0.15) is 5.75 Å². The Morgan fingerprint density at radius 1 is 1.00 bits per heavy atom. The van der Waals surface area contributed by atoms with Crippen molar-refractivity contribution in [3.05, 3.63) is 82.6 Å². The van der Waals surface area contributed by atoms with E-state index in [0.717, 1.165) is 44.9 Å². The number of nitrogens with one attached hydrogen (secondary N) is 1. The first-order valence-corrected chi connectivity index (χ1v) is 8.01. The van der Waals surface area contributed by atoms with Gasteiger partial charge in [0.05, 0.1) is 0 Å². The van der Waals surface area contributed by atoms with Crippen LogP contribution in [0.1, 0.15) is 29.2 Å². The highest BCUT2D eigenvalue weighted by Crippen LogP contribution is 2.31. The Bertz CT molecular complexity index is 889. The number of hydrogen-bond donors (Lipinski definition) is 3. The van der Waals surface area contributed by atoms with E-state index in [1.54, 1.807) is 6.07 Å². The minimum absolute atomic E-state index is 0.318. The summed E-state index contributed by atoms with van der Waals surface area (Å²) in [5.74, 6) is 0.318. The number of benzene rings is 2. The molecule has 3 rings (SSSR count). The summed E-state index contributed by atoms with van der Waals surface area (Å²) in [6.45, 7) is 5.98. The zero-order valence-corrected chi connectivity index (χ0v) is 14.2. The lowest BCUT2D eigenvalue weighted by molar-refractivity contribution is 0.471. The molecule has 3 nitrogen and oxygen atoms in total. The summed E-state index contributed by atoms with van der Waals surface area (Å²) in [4.78, 5) is 0. The van der Waals surface area contributed by atoms with Crippen LogP contribution in [-0.4, -0.2) is 5.11 Å². The van der Waals surface area contributed by atoms with Gasteiger partial charge < -0.3 is 16.2 Å². The van der Waals surface area contributed by atoms with E-state index < -0.39 is 0 Å². The van der Waals surface area contributed by atoms with Crippen molar-refractivity contribution in [1.29, 1.82) is 0 Å². The second-order valence-corrected chi connectivity index (χ2v) is 6.10. The molecule has 4 N–H and O–H groups in total. The van der Waals surface area contributed by atoms with Crippen molar-refractivity contribution in [2.75, 3.05) is 5.73 Å². The van der Waals surface area contributed by atoms with Gasteiger partial charge in [0.25, 0.3) is 0 Å². The number of phenolic OH excluding ortho intramolecular Hbond substituents is 1. The fraction of sp³-hybridized carbons (Fsp3) is 0.143. The summed E-state index contributed by atoms with van der Waals surface area (Å²) >= 11 is 0. The largest absolute Gasteiger partial charge is 0.508 e. The molecule has 1 heterocycles. The second-order valence-electron chi connectivity index (χ2n) is 6.10. The van der Waals surface area contributed by atoms with E-state index in [2.05, 4.69) is 24.4 Å². The third-order valence-corrected chi connectivity index (χ3v) is 4.27. The molecule has 0 bridgehead atoms. The number of anilines is 1. The maximum absolute atomic E-state index is 9.76. The molecule has 1 aliphatic rings. The van der Waals surface area contributed by atoms with Gasteiger partial charge >= 0.3 is 0 Å². The standard InChI is InChI=1S/C21H22N2O/c1-4-18-11-16(15-5-8-21(24)14(3)9-15)12-20(23-18)19-7-6-17(22)10-13(19)2/h4-12,23-24H,22H2,1-3H3/b18-4-. The van der Waals surface area contributed by atoms with Crippen LogP contribution in [0.3, 0.4) is 0 Å². The number of phenols is 1. The molecule has 1 aliphatic heterocycles. The highest BCUT2D eigenvalue weighted by molar-refractivity contribution is 5.88. The summed E-state index contributed by atoms with van der Waals surface area (Å²) in [6, 6.07) is 11.6. The predicted octanol–water partition coefficient (Wildman–Crippen LogP) is 4.52. The van der Waals surface area contributed by atoms with Gasteiger partial charge in [-0.15, -0.1) is 0 Å². The van der Waals surface area contributed by atoms with E-state index >= 15 is 0 Å². The minimum Gasteiger partial charge on any atom is -0.508 e. The fourth-order valence-corrected chi connectivity index (χ4v) is 2.88. The summed E-state index contributed by atoms with van der Waals surface area (Å²) in [5, 5.41) is 13.2. The Balaban J connectivity index is 2.09. The lowest BCUT2D eigenvalue weighted by Crippen LogP contribution is -2.15. The van der Waals surface area contributed by atoms with E-state index in [1.807, 2.05) is 50.3 Å². The summed E-state index contributed by atoms with van der Waals surface area (Å²) < 4.78 is 0. The molecular formula is C21H22N2O. The molecule has 24 heavy (non-hydrogen) atoms. The van der Waals surface area contributed by atoms with Crippen molar-refractivity contribution in [3.63, 3.8) is 0 Å². The number of dihydropyridines is 1. The Hall–Kier alpha value is -2.94. The van der Waals surface area contributed by atoms with E-state index in [1.165, 1.54) is 0 Å². The molecule has 0 aromatic heterocycles. The van der Waals surface area contributed by atoms with Gasteiger partial charge in [-0.25, -0.2) is 0 Å². The van der Waals surface area contributed by atoms with Crippen LogP contribution < -0.4 is 11.1 Å². The van der Waals surface area contributed by atoms with Gasteiger partial charge in [-0.3, -0.25) is 0 Å². The maximum atomic E-state index is 9.76. The fourth-order valence-electron chi connectivity index (χ4n) is 2.88. The van der Waals surface area contributed by atoms with Gasteiger partial charge in [0.15, 0.2) is 0 Å². The number of aryl methyl sites for hydroxylation is 2. The summed E-state index contributed by atoms with van der Waals surface area (Å²) in [6.07, 6.45) is 6.30. The predicted molar refractivity (Wildman–Crippen MR) is 101 cm³/mol. The number of nitrogens with two attached hydrogens (primary N) is 1. The van der Waals surface area contributed by atoms with Gasteiger partial charge in [-0.2, -0.15) is 0 Å². The van der Waals surface area contributed by atoms with E-state index in [0.29, 0.717) is 5.75 Å². The van der Waals surface area contributed by atoms with E-state index in [9.17, 15) is 5.11 Å². The molecule has 0 unspecified atom stereocenters. The van der Waals surface area contributed by atoms with Crippen molar-refractivity contribution >= 4 is 17.0 Å². The average Bonchev–Trinajstić information content (AvgIpc) is 2.57. The van der Waals surface area contributed by atoms with Gasteiger partial charge in [0, 0.05) is 22.6 Å². The van der Waals surface area contributed by atoms with Crippen molar-refractivity contribution in [1.82, 2.24) is 5.32 Å². The van der Waals surface area contributed by atoms with Crippen LogP contribution in [0.4, 0.5) is 5.69 Å². The SMILES string of the molecule is C/C=C1/C=C(c2ccc(O)c(C)c2)C=C(c2ccc(N)cc2C)N1.